The summed E-state index contributed by atoms with van der Waals surface area (Å²) in [6.07, 6.45) is 5.82. The second-order valence-corrected chi connectivity index (χ2v) is 11.3. The number of hydrogen-bond donors (Lipinski definition) is 1. The smallest absolute Gasteiger partial charge is 0.0856 e. The Morgan fingerprint density at radius 3 is 2.35 bits per heavy atom. The Kier molecular flexibility index (Phi) is 4.34. The van der Waals surface area contributed by atoms with Gasteiger partial charge in [0.1, 0.15) is 0 Å². The standard InChI is InChI=1S/C13H18NPS2/c1-2-6-11(7-3-1)10-14-15-16-12-8-4-5-9-13(12)17-15/h1-3,6-7,12-14H,4-5,8-10H2/t12-,13-/m1/s1. The first-order valence-corrected chi connectivity index (χ1v) is 10.6. The zero-order valence-corrected chi connectivity index (χ0v) is 12.4. The Labute approximate surface area is 113 Å². The molecule has 2 aliphatic rings. The van der Waals surface area contributed by atoms with Crippen molar-refractivity contribution in [1.82, 2.24) is 5.09 Å². The molecule has 4 heteroatoms. The van der Waals surface area contributed by atoms with E-state index in [-0.39, 0.29) is 6.48 Å². The van der Waals surface area contributed by atoms with Crippen molar-refractivity contribution in [2.75, 3.05) is 0 Å². The van der Waals surface area contributed by atoms with Crippen LogP contribution >= 0.6 is 29.2 Å². The van der Waals surface area contributed by atoms with Crippen molar-refractivity contribution in [2.45, 2.75) is 42.7 Å². The Hall–Kier alpha value is 0.310. The van der Waals surface area contributed by atoms with Crippen molar-refractivity contribution in [1.29, 1.82) is 0 Å². The molecule has 1 nitrogen and oxygen atoms in total. The molecule has 0 radical (unpaired) electrons. The van der Waals surface area contributed by atoms with Gasteiger partial charge in [0.25, 0.3) is 0 Å². The van der Waals surface area contributed by atoms with Gasteiger partial charge >= 0.3 is 0 Å². The fourth-order valence-corrected chi connectivity index (χ4v) is 11.7. The molecule has 2 atom stereocenters. The van der Waals surface area contributed by atoms with Crippen LogP contribution in [0.15, 0.2) is 30.3 Å². The maximum Gasteiger partial charge on any atom is 0.0856 e. The van der Waals surface area contributed by atoms with E-state index >= 15 is 0 Å². The second kappa shape index (κ2) is 5.97. The summed E-state index contributed by atoms with van der Waals surface area (Å²) in [7, 11) is 0. The average molecular weight is 283 g/mol. The minimum atomic E-state index is -0.0357. The Morgan fingerprint density at radius 1 is 1.06 bits per heavy atom. The molecule has 3 rings (SSSR count). The fraction of sp³-hybridized carbons (Fsp3) is 0.538. The number of fused-ring (bicyclic) bond motifs is 1. The quantitative estimate of drug-likeness (QED) is 0.801. The van der Waals surface area contributed by atoms with Crippen LogP contribution in [0.3, 0.4) is 0 Å². The van der Waals surface area contributed by atoms with Gasteiger partial charge in [0.2, 0.25) is 0 Å². The largest absolute Gasteiger partial charge is 0.275 e. The molecule has 1 saturated carbocycles. The van der Waals surface area contributed by atoms with Crippen LogP contribution in [0.5, 0.6) is 0 Å². The van der Waals surface area contributed by atoms with E-state index < -0.39 is 0 Å². The molecule has 2 fully saturated rings. The topological polar surface area (TPSA) is 12.0 Å². The minimum Gasteiger partial charge on any atom is -0.275 e. The lowest BCUT2D eigenvalue weighted by Gasteiger charge is -2.21. The molecule has 1 aliphatic heterocycles. The van der Waals surface area contributed by atoms with Gasteiger partial charge in [0.15, 0.2) is 0 Å². The van der Waals surface area contributed by atoms with Crippen LogP contribution in [0.2, 0.25) is 0 Å². The predicted molar refractivity (Wildman–Crippen MR) is 81.4 cm³/mol. The van der Waals surface area contributed by atoms with E-state index in [0.717, 1.165) is 17.0 Å². The first kappa shape index (κ1) is 12.3. The lowest BCUT2D eigenvalue weighted by atomic mass is 10.00. The monoisotopic (exact) mass is 283 g/mol. The molecule has 92 valence electrons. The van der Waals surface area contributed by atoms with E-state index in [2.05, 4.69) is 58.2 Å². The maximum atomic E-state index is 3.74. The molecule has 1 aliphatic carbocycles. The Balaban J connectivity index is 1.50. The lowest BCUT2D eigenvalue weighted by Crippen LogP contribution is -2.19. The van der Waals surface area contributed by atoms with E-state index in [9.17, 15) is 0 Å². The first-order chi connectivity index (χ1) is 8.42. The normalized spacial score (nSPS) is 29.2. The zero-order valence-electron chi connectivity index (χ0n) is 9.84. The highest BCUT2D eigenvalue weighted by Gasteiger charge is 2.37. The summed E-state index contributed by atoms with van der Waals surface area (Å²) in [4.78, 5) is 0. The van der Waals surface area contributed by atoms with Crippen LogP contribution in [0.4, 0.5) is 0 Å². The van der Waals surface area contributed by atoms with E-state index in [1.807, 2.05) is 0 Å². The van der Waals surface area contributed by atoms with Gasteiger partial charge in [-0.3, -0.25) is 5.09 Å². The van der Waals surface area contributed by atoms with Crippen LogP contribution in [0, 0.1) is 0 Å². The fourth-order valence-electron chi connectivity index (χ4n) is 2.40. The third-order valence-corrected chi connectivity index (χ3v) is 11.1. The van der Waals surface area contributed by atoms with Crippen LogP contribution in [-0.4, -0.2) is 10.5 Å². The highest BCUT2D eigenvalue weighted by atomic mass is 33.1. The van der Waals surface area contributed by atoms with Crippen LogP contribution in [0.1, 0.15) is 31.2 Å². The summed E-state index contributed by atoms with van der Waals surface area (Å²) >= 11 is 4.46. The zero-order chi connectivity index (χ0) is 11.5. The molecule has 1 N–H and O–H groups in total. The molecule has 1 heterocycles. The van der Waals surface area contributed by atoms with Crippen molar-refractivity contribution in [3.8, 4) is 0 Å². The molecule has 17 heavy (non-hydrogen) atoms. The molecule has 1 aromatic rings. The van der Waals surface area contributed by atoms with Crippen molar-refractivity contribution < 1.29 is 0 Å². The molecular formula is C13H18NPS2. The van der Waals surface area contributed by atoms with E-state index in [0.29, 0.717) is 0 Å². The third kappa shape index (κ3) is 3.20. The van der Waals surface area contributed by atoms with Gasteiger partial charge in [-0.1, -0.05) is 43.2 Å². The summed E-state index contributed by atoms with van der Waals surface area (Å²) in [5, 5.41) is 5.64. The van der Waals surface area contributed by atoms with Gasteiger partial charge < -0.3 is 0 Å². The van der Waals surface area contributed by atoms with Crippen molar-refractivity contribution in [3.05, 3.63) is 35.9 Å². The molecule has 0 unspecified atom stereocenters. The first-order valence-electron chi connectivity index (χ1n) is 6.33. The summed E-state index contributed by atoms with van der Waals surface area (Å²) < 4.78 is 0. The number of rotatable bonds is 3. The summed E-state index contributed by atoms with van der Waals surface area (Å²) in [6, 6.07) is 10.8. The summed E-state index contributed by atoms with van der Waals surface area (Å²) in [5.41, 5.74) is 1.41. The lowest BCUT2D eigenvalue weighted by molar-refractivity contribution is 0.532. The second-order valence-electron chi connectivity index (χ2n) is 4.65. The third-order valence-electron chi connectivity index (χ3n) is 3.36. The molecule has 0 amide bonds. The predicted octanol–water partition coefficient (Wildman–Crippen LogP) is 4.79. The molecule has 1 aromatic carbocycles. The van der Waals surface area contributed by atoms with Gasteiger partial charge in [0.05, 0.1) is 6.48 Å². The minimum absolute atomic E-state index is 0.0357. The van der Waals surface area contributed by atoms with E-state index in [1.54, 1.807) is 0 Å². The molecule has 0 bridgehead atoms. The van der Waals surface area contributed by atoms with Crippen LogP contribution in [-0.2, 0) is 6.54 Å². The van der Waals surface area contributed by atoms with Gasteiger partial charge in [-0.2, -0.15) is 0 Å². The molecule has 0 aromatic heterocycles. The highest BCUT2D eigenvalue weighted by molar-refractivity contribution is 8.89. The van der Waals surface area contributed by atoms with Crippen molar-refractivity contribution >= 4 is 29.2 Å². The SMILES string of the molecule is c1ccc(CNP2S[C@@H]3CCCC[C@H]3S2)cc1. The van der Waals surface area contributed by atoms with Gasteiger partial charge in [-0.15, -0.1) is 22.8 Å². The Morgan fingerprint density at radius 2 is 1.71 bits per heavy atom. The number of hydrogen-bond acceptors (Lipinski definition) is 3. The van der Waals surface area contributed by atoms with Gasteiger partial charge in [-0.05, 0) is 18.4 Å². The number of benzene rings is 1. The molecular weight excluding hydrogens is 265 g/mol. The van der Waals surface area contributed by atoms with E-state index in [1.165, 1.54) is 31.2 Å². The summed E-state index contributed by atoms with van der Waals surface area (Å²) in [6.45, 7) is 0.998. The highest BCUT2D eigenvalue weighted by Crippen LogP contribution is 2.71. The van der Waals surface area contributed by atoms with Gasteiger partial charge in [0, 0.05) is 17.0 Å². The number of nitrogens with one attached hydrogen (secondary N) is 1. The van der Waals surface area contributed by atoms with E-state index in [4.69, 9.17) is 0 Å². The maximum absolute atomic E-state index is 3.74. The average Bonchev–Trinajstić information content (AvgIpc) is 2.80. The van der Waals surface area contributed by atoms with Crippen molar-refractivity contribution in [3.63, 3.8) is 0 Å². The van der Waals surface area contributed by atoms with Crippen LogP contribution < -0.4 is 5.09 Å². The Bertz CT molecular complexity index is 346. The van der Waals surface area contributed by atoms with Crippen molar-refractivity contribution in [2.24, 2.45) is 0 Å². The van der Waals surface area contributed by atoms with Crippen LogP contribution in [0.25, 0.3) is 0 Å². The molecule has 1 saturated heterocycles. The molecule has 0 spiro atoms. The summed E-state index contributed by atoms with van der Waals surface area (Å²) in [5.74, 6) is 0. The van der Waals surface area contributed by atoms with Gasteiger partial charge in [-0.25, -0.2) is 0 Å².